The molecule has 0 aliphatic heterocycles. The van der Waals surface area contributed by atoms with Crippen LogP contribution in [0.4, 0.5) is 8.78 Å². The Balaban J connectivity index is 2.01. The van der Waals surface area contributed by atoms with Gasteiger partial charge in [-0.2, -0.15) is 0 Å². The lowest BCUT2D eigenvalue weighted by atomic mass is 10.0. The van der Waals surface area contributed by atoms with E-state index in [4.69, 9.17) is 0 Å². The molecule has 2 rings (SSSR count). The number of aliphatic hydroxyl groups excluding tert-OH is 1. The largest absolute Gasteiger partial charge is 0.388 e. The van der Waals surface area contributed by atoms with Crippen molar-refractivity contribution in [2.75, 3.05) is 5.75 Å². The van der Waals surface area contributed by atoms with Gasteiger partial charge in [-0.3, -0.25) is 0 Å². The molecule has 0 aromatic heterocycles. The average molecular weight is 280 g/mol. The number of rotatable bonds is 4. The van der Waals surface area contributed by atoms with E-state index < -0.39 is 6.10 Å². The molecule has 0 amide bonds. The molecule has 2 aromatic rings. The average Bonchev–Trinajstić information content (AvgIpc) is 2.37. The van der Waals surface area contributed by atoms with Crippen LogP contribution in [0, 0.1) is 18.6 Å². The third kappa shape index (κ3) is 3.78. The first-order chi connectivity index (χ1) is 9.06. The van der Waals surface area contributed by atoms with E-state index in [2.05, 4.69) is 0 Å². The second-order valence-electron chi connectivity index (χ2n) is 4.28. The highest BCUT2D eigenvalue weighted by molar-refractivity contribution is 7.99. The first-order valence-electron chi connectivity index (χ1n) is 5.89. The van der Waals surface area contributed by atoms with Gasteiger partial charge in [-0.1, -0.05) is 6.07 Å². The Kier molecular flexibility index (Phi) is 4.56. The Morgan fingerprint density at radius 3 is 2.32 bits per heavy atom. The van der Waals surface area contributed by atoms with Crippen LogP contribution in [0.15, 0.2) is 47.4 Å². The van der Waals surface area contributed by atoms with Crippen molar-refractivity contribution in [3.63, 3.8) is 0 Å². The molecular formula is C15H14F2OS. The molecule has 0 fully saturated rings. The van der Waals surface area contributed by atoms with Crippen LogP contribution in [0.3, 0.4) is 0 Å². The van der Waals surface area contributed by atoms with Crippen LogP contribution in [0.25, 0.3) is 0 Å². The molecule has 0 saturated heterocycles. The van der Waals surface area contributed by atoms with Gasteiger partial charge in [0.15, 0.2) is 0 Å². The molecular weight excluding hydrogens is 266 g/mol. The maximum atomic E-state index is 13.0. The SMILES string of the molecule is Cc1cc(F)ccc1C(O)CSc1ccc(F)cc1. The van der Waals surface area contributed by atoms with Crippen molar-refractivity contribution >= 4 is 11.8 Å². The summed E-state index contributed by atoms with van der Waals surface area (Å²) < 4.78 is 25.7. The van der Waals surface area contributed by atoms with Gasteiger partial charge in [0, 0.05) is 10.6 Å². The van der Waals surface area contributed by atoms with E-state index in [1.807, 2.05) is 0 Å². The van der Waals surface area contributed by atoms with Gasteiger partial charge < -0.3 is 5.11 Å². The summed E-state index contributed by atoms with van der Waals surface area (Å²) in [6.45, 7) is 1.77. The fourth-order valence-corrected chi connectivity index (χ4v) is 2.67. The van der Waals surface area contributed by atoms with Gasteiger partial charge in [0.2, 0.25) is 0 Å². The van der Waals surface area contributed by atoms with Crippen molar-refractivity contribution in [2.24, 2.45) is 0 Å². The van der Waals surface area contributed by atoms with E-state index in [9.17, 15) is 13.9 Å². The Morgan fingerprint density at radius 1 is 1.05 bits per heavy atom. The van der Waals surface area contributed by atoms with Gasteiger partial charge >= 0.3 is 0 Å². The first kappa shape index (κ1) is 14.0. The first-order valence-corrected chi connectivity index (χ1v) is 6.87. The van der Waals surface area contributed by atoms with Crippen molar-refractivity contribution in [1.82, 2.24) is 0 Å². The Hall–Kier alpha value is -1.39. The van der Waals surface area contributed by atoms with Crippen molar-refractivity contribution in [3.05, 3.63) is 65.2 Å². The smallest absolute Gasteiger partial charge is 0.123 e. The molecule has 1 unspecified atom stereocenters. The fourth-order valence-electron chi connectivity index (χ4n) is 1.81. The van der Waals surface area contributed by atoms with Crippen LogP contribution < -0.4 is 0 Å². The van der Waals surface area contributed by atoms with Crippen molar-refractivity contribution in [2.45, 2.75) is 17.9 Å². The maximum Gasteiger partial charge on any atom is 0.123 e. The van der Waals surface area contributed by atoms with Crippen LogP contribution in [0.2, 0.25) is 0 Å². The molecule has 0 radical (unpaired) electrons. The molecule has 1 atom stereocenters. The summed E-state index contributed by atoms with van der Waals surface area (Å²) in [6.07, 6.45) is -0.671. The lowest BCUT2D eigenvalue weighted by molar-refractivity contribution is 0.203. The molecule has 100 valence electrons. The summed E-state index contributed by atoms with van der Waals surface area (Å²) in [5.74, 6) is -0.142. The molecule has 4 heteroatoms. The summed E-state index contributed by atoms with van der Waals surface area (Å²) >= 11 is 1.43. The van der Waals surface area contributed by atoms with Gasteiger partial charge in [-0.15, -0.1) is 11.8 Å². The molecule has 2 aromatic carbocycles. The predicted octanol–water partition coefficient (Wildman–Crippen LogP) is 4.10. The highest BCUT2D eigenvalue weighted by Gasteiger charge is 2.11. The Labute approximate surface area is 115 Å². The van der Waals surface area contributed by atoms with E-state index in [0.29, 0.717) is 5.75 Å². The van der Waals surface area contributed by atoms with Gasteiger partial charge in [-0.05, 0) is 54.4 Å². The van der Waals surface area contributed by atoms with Gasteiger partial charge in [-0.25, -0.2) is 8.78 Å². The maximum absolute atomic E-state index is 13.0. The highest BCUT2D eigenvalue weighted by atomic mass is 32.2. The topological polar surface area (TPSA) is 20.2 Å². The zero-order valence-electron chi connectivity index (χ0n) is 10.4. The molecule has 19 heavy (non-hydrogen) atoms. The number of benzene rings is 2. The quantitative estimate of drug-likeness (QED) is 0.851. The van der Waals surface area contributed by atoms with Gasteiger partial charge in [0.1, 0.15) is 11.6 Å². The molecule has 1 N–H and O–H groups in total. The molecule has 0 spiro atoms. The fraction of sp³-hybridized carbons (Fsp3) is 0.200. The van der Waals surface area contributed by atoms with E-state index in [0.717, 1.165) is 16.0 Å². The molecule has 0 heterocycles. The summed E-state index contributed by atoms with van der Waals surface area (Å²) in [5, 5.41) is 10.1. The van der Waals surface area contributed by atoms with Crippen molar-refractivity contribution in [3.8, 4) is 0 Å². The minimum atomic E-state index is -0.671. The highest BCUT2D eigenvalue weighted by Crippen LogP contribution is 2.26. The lowest BCUT2D eigenvalue weighted by Crippen LogP contribution is -2.03. The number of aliphatic hydroxyl groups is 1. The molecule has 0 aliphatic rings. The van der Waals surface area contributed by atoms with Crippen LogP contribution in [0.5, 0.6) is 0 Å². The minimum absolute atomic E-state index is 0.278. The van der Waals surface area contributed by atoms with E-state index in [1.165, 1.54) is 36.0 Å². The normalized spacial score (nSPS) is 12.4. The number of halogens is 2. The minimum Gasteiger partial charge on any atom is -0.388 e. The van der Waals surface area contributed by atoms with Crippen LogP contribution in [-0.4, -0.2) is 10.9 Å². The number of hydrogen-bond donors (Lipinski definition) is 1. The molecule has 0 saturated carbocycles. The second kappa shape index (κ2) is 6.17. The van der Waals surface area contributed by atoms with Crippen molar-refractivity contribution < 1.29 is 13.9 Å². The zero-order chi connectivity index (χ0) is 13.8. The van der Waals surface area contributed by atoms with Crippen LogP contribution in [0.1, 0.15) is 17.2 Å². The summed E-state index contributed by atoms with van der Waals surface area (Å²) in [7, 11) is 0. The summed E-state index contributed by atoms with van der Waals surface area (Å²) in [4.78, 5) is 0.889. The Bertz CT molecular complexity index is 555. The third-order valence-corrected chi connectivity index (χ3v) is 3.90. The molecule has 1 nitrogen and oxygen atoms in total. The third-order valence-electron chi connectivity index (χ3n) is 2.81. The van der Waals surface area contributed by atoms with E-state index in [1.54, 1.807) is 25.1 Å². The van der Waals surface area contributed by atoms with Crippen molar-refractivity contribution in [1.29, 1.82) is 0 Å². The van der Waals surface area contributed by atoms with E-state index >= 15 is 0 Å². The lowest BCUT2D eigenvalue weighted by Gasteiger charge is -2.13. The standard InChI is InChI=1S/C15H14F2OS/c1-10-8-12(17)4-7-14(10)15(18)9-19-13-5-2-11(16)3-6-13/h2-8,15,18H,9H2,1H3. The van der Waals surface area contributed by atoms with Crippen LogP contribution in [-0.2, 0) is 0 Å². The molecule has 0 bridgehead atoms. The number of hydrogen-bond acceptors (Lipinski definition) is 2. The number of aryl methyl sites for hydroxylation is 1. The molecule has 0 aliphatic carbocycles. The second-order valence-corrected chi connectivity index (χ2v) is 5.38. The van der Waals surface area contributed by atoms with Gasteiger partial charge in [0.05, 0.1) is 6.10 Å². The van der Waals surface area contributed by atoms with Crippen LogP contribution >= 0.6 is 11.8 Å². The number of thioether (sulfide) groups is 1. The Morgan fingerprint density at radius 2 is 1.68 bits per heavy atom. The summed E-state index contributed by atoms with van der Waals surface area (Å²) in [5.41, 5.74) is 1.45. The predicted molar refractivity (Wildman–Crippen MR) is 73.2 cm³/mol. The van der Waals surface area contributed by atoms with E-state index in [-0.39, 0.29) is 11.6 Å². The summed E-state index contributed by atoms with van der Waals surface area (Å²) in [6, 6.07) is 10.5. The monoisotopic (exact) mass is 280 g/mol. The zero-order valence-corrected chi connectivity index (χ0v) is 11.3. The van der Waals surface area contributed by atoms with Gasteiger partial charge in [0.25, 0.3) is 0 Å².